The van der Waals surface area contributed by atoms with Gasteiger partial charge in [0, 0.05) is 17.0 Å². The van der Waals surface area contributed by atoms with Gasteiger partial charge in [-0.2, -0.15) is 18.2 Å². The first-order valence-electron chi connectivity index (χ1n) is 8.25. The van der Waals surface area contributed by atoms with Crippen molar-refractivity contribution < 1.29 is 31.6 Å². The summed E-state index contributed by atoms with van der Waals surface area (Å²) in [6, 6.07) is 2.05. The summed E-state index contributed by atoms with van der Waals surface area (Å²) in [7, 11) is 0. The van der Waals surface area contributed by atoms with Crippen LogP contribution in [0.1, 0.15) is 32.2 Å². The molecule has 0 saturated carbocycles. The Morgan fingerprint density at radius 2 is 2.04 bits per heavy atom. The van der Waals surface area contributed by atoms with Crippen LogP contribution >= 0.6 is 0 Å². The van der Waals surface area contributed by atoms with E-state index < -0.39 is 23.7 Å². The molecule has 0 bridgehead atoms. The molecule has 0 spiro atoms. The third kappa shape index (κ3) is 3.74. The zero-order valence-corrected chi connectivity index (χ0v) is 14.8. The molecule has 0 fully saturated rings. The standard InChI is InChI=1S/C17H17F4N3O3/c1-8(2)15(25)24-6-11-12(18)4-10(5-13(11)26-7-9(24)3)14-22-16(27-23-14)17(19,20)21/h4-5,8-9H,6-7H2,1-3H3. The molecular weight excluding hydrogens is 370 g/mol. The monoisotopic (exact) mass is 387 g/mol. The minimum Gasteiger partial charge on any atom is -0.491 e. The van der Waals surface area contributed by atoms with Crippen LogP contribution in [0.4, 0.5) is 17.6 Å². The average Bonchev–Trinajstić information content (AvgIpc) is 3.02. The molecule has 1 aromatic heterocycles. The van der Waals surface area contributed by atoms with Crippen LogP contribution in [0.3, 0.4) is 0 Å². The third-order valence-electron chi connectivity index (χ3n) is 4.20. The number of nitrogens with zero attached hydrogens (tertiary/aromatic N) is 3. The van der Waals surface area contributed by atoms with Gasteiger partial charge in [0.05, 0.1) is 12.6 Å². The number of hydrogen-bond acceptors (Lipinski definition) is 5. The van der Waals surface area contributed by atoms with Gasteiger partial charge in [0.1, 0.15) is 18.2 Å². The van der Waals surface area contributed by atoms with Gasteiger partial charge in [-0.1, -0.05) is 19.0 Å². The molecule has 3 rings (SSSR count). The lowest BCUT2D eigenvalue weighted by molar-refractivity contribution is -0.159. The molecule has 1 unspecified atom stereocenters. The van der Waals surface area contributed by atoms with E-state index in [1.54, 1.807) is 20.8 Å². The summed E-state index contributed by atoms with van der Waals surface area (Å²) >= 11 is 0. The van der Waals surface area contributed by atoms with Crippen molar-refractivity contribution in [3.05, 3.63) is 29.4 Å². The Bertz CT molecular complexity index is 864. The smallest absolute Gasteiger partial charge is 0.471 e. The molecule has 6 nitrogen and oxygen atoms in total. The Morgan fingerprint density at radius 1 is 1.33 bits per heavy atom. The zero-order valence-electron chi connectivity index (χ0n) is 14.8. The van der Waals surface area contributed by atoms with Crippen LogP contribution in [0.25, 0.3) is 11.4 Å². The number of ether oxygens (including phenoxy) is 1. The van der Waals surface area contributed by atoms with E-state index in [-0.39, 0.29) is 47.9 Å². The highest BCUT2D eigenvalue weighted by Gasteiger charge is 2.38. The molecule has 2 aromatic rings. The quantitative estimate of drug-likeness (QED) is 0.736. The van der Waals surface area contributed by atoms with Gasteiger partial charge in [-0.15, -0.1) is 0 Å². The van der Waals surface area contributed by atoms with Crippen LogP contribution < -0.4 is 4.74 Å². The molecule has 1 aromatic carbocycles. The number of carbonyl (C=O) groups is 1. The number of rotatable bonds is 2. The highest BCUT2D eigenvalue weighted by molar-refractivity contribution is 5.78. The number of fused-ring (bicyclic) bond motifs is 1. The number of aromatic nitrogens is 2. The van der Waals surface area contributed by atoms with Crippen molar-refractivity contribution in [3.8, 4) is 17.1 Å². The number of amides is 1. The van der Waals surface area contributed by atoms with Crippen molar-refractivity contribution in [3.63, 3.8) is 0 Å². The molecule has 1 aliphatic rings. The van der Waals surface area contributed by atoms with Gasteiger partial charge in [0.25, 0.3) is 0 Å². The molecule has 0 radical (unpaired) electrons. The fourth-order valence-corrected chi connectivity index (χ4v) is 2.73. The Balaban J connectivity index is 1.97. The SMILES string of the molecule is CC(C)C(=O)N1Cc2c(F)cc(-c3noc(C(F)(F)F)n3)cc2OCC1C. The molecule has 10 heteroatoms. The van der Waals surface area contributed by atoms with E-state index in [9.17, 15) is 22.4 Å². The number of hydrogen-bond donors (Lipinski definition) is 0. The topological polar surface area (TPSA) is 68.5 Å². The first-order chi connectivity index (χ1) is 12.6. The van der Waals surface area contributed by atoms with E-state index in [2.05, 4.69) is 14.7 Å². The van der Waals surface area contributed by atoms with Crippen molar-refractivity contribution in [1.29, 1.82) is 0 Å². The van der Waals surface area contributed by atoms with Gasteiger partial charge in [-0.05, 0) is 19.1 Å². The average molecular weight is 387 g/mol. The van der Waals surface area contributed by atoms with Crippen molar-refractivity contribution >= 4 is 5.91 Å². The fourth-order valence-electron chi connectivity index (χ4n) is 2.73. The second-order valence-corrected chi connectivity index (χ2v) is 6.64. The molecule has 1 atom stereocenters. The zero-order chi connectivity index (χ0) is 19.9. The van der Waals surface area contributed by atoms with Gasteiger partial charge in [0.15, 0.2) is 0 Å². The van der Waals surface area contributed by atoms with Crippen LogP contribution in [-0.2, 0) is 17.5 Å². The maximum atomic E-state index is 14.7. The summed E-state index contributed by atoms with van der Waals surface area (Å²) in [5.74, 6) is -2.92. The number of carbonyl (C=O) groups excluding carboxylic acids is 1. The van der Waals surface area contributed by atoms with Crippen LogP contribution in [0.2, 0.25) is 0 Å². The first-order valence-corrected chi connectivity index (χ1v) is 8.25. The maximum Gasteiger partial charge on any atom is 0.471 e. The van der Waals surface area contributed by atoms with Crippen LogP contribution in [0, 0.1) is 11.7 Å². The van der Waals surface area contributed by atoms with Crippen molar-refractivity contribution in [2.45, 2.75) is 39.5 Å². The van der Waals surface area contributed by atoms with Crippen LogP contribution in [-0.4, -0.2) is 33.6 Å². The lowest BCUT2D eigenvalue weighted by atomic mass is 10.1. The summed E-state index contributed by atoms with van der Waals surface area (Å²) in [6.07, 6.45) is -4.79. The second kappa shape index (κ2) is 6.82. The number of alkyl halides is 3. The molecule has 2 heterocycles. The molecule has 146 valence electrons. The van der Waals surface area contributed by atoms with Gasteiger partial charge >= 0.3 is 12.1 Å². The van der Waals surface area contributed by atoms with Crippen molar-refractivity contribution in [2.75, 3.05) is 6.61 Å². The Morgan fingerprint density at radius 3 is 2.63 bits per heavy atom. The Labute approximate surface area is 152 Å². The van der Waals surface area contributed by atoms with E-state index in [0.717, 1.165) is 6.07 Å². The highest BCUT2D eigenvalue weighted by Crippen LogP contribution is 2.34. The van der Waals surface area contributed by atoms with Crippen LogP contribution in [0.5, 0.6) is 5.75 Å². The normalized spacial score (nSPS) is 17.5. The van der Waals surface area contributed by atoms with Crippen molar-refractivity contribution in [1.82, 2.24) is 15.0 Å². The van der Waals surface area contributed by atoms with Crippen molar-refractivity contribution in [2.24, 2.45) is 5.92 Å². The molecular formula is C17H17F4N3O3. The Hall–Kier alpha value is -2.65. The van der Waals surface area contributed by atoms with E-state index in [4.69, 9.17) is 4.74 Å². The predicted molar refractivity (Wildman–Crippen MR) is 85.0 cm³/mol. The van der Waals surface area contributed by atoms with Gasteiger partial charge in [-0.3, -0.25) is 4.79 Å². The lowest BCUT2D eigenvalue weighted by Crippen LogP contribution is -2.42. The molecule has 27 heavy (non-hydrogen) atoms. The predicted octanol–water partition coefficient (Wildman–Crippen LogP) is 3.66. The summed E-state index contributed by atoms with van der Waals surface area (Å²) < 4.78 is 62.3. The fraction of sp³-hybridized carbons (Fsp3) is 0.471. The summed E-state index contributed by atoms with van der Waals surface area (Å²) in [4.78, 5) is 17.2. The lowest BCUT2D eigenvalue weighted by Gasteiger charge is -2.28. The summed E-state index contributed by atoms with van der Waals surface area (Å²) in [6.45, 7) is 5.39. The third-order valence-corrected chi connectivity index (χ3v) is 4.20. The number of halogens is 4. The highest BCUT2D eigenvalue weighted by atomic mass is 19.4. The maximum absolute atomic E-state index is 14.7. The van der Waals surface area contributed by atoms with Crippen LogP contribution in [0.15, 0.2) is 16.7 Å². The van der Waals surface area contributed by atoms with Gasteiger partial charge in [0.2, 0.25) is 11.7 Å². The summed E-state index contributed by atoms with van der Waals surface area (Å²) in [5, 5.41) is 3.25. The van der Waals surface area contributed by atoms with E-state index in [1.165, 1.54) is 11.0 Å². The number of benzene rings is 1. The molecule has 0 saturated heterocycles. The van der Waals surface area contributed by atoms with Gasteiger partial charge < -0.3 is 14.2 Å². The molecule has 1 aliphatic heterocycles. The minimum absolute atomic E-state index is 0.000326. The minimum atomic E-state index is -4.79. The summed E-state index contributed by atoms with van der Waals surface area (Å²) in [5.41, 5.74) is 0.137. The molecule has 1 amide bonds. The van der Waals surface area contributed by atoms with E-state index in [0.29, 0.717) is 0 Å². The second-order valence-electron chi connectivity index (χ2n) is 6.64. The first kappa shape index (κ1) is 19.1. The van der Waals surface area contributed by atoms with Gasteiger partial charge in [-0.25, -0.2) is 4.39 Å². The van der Waals surface area contributed by atoms with E-state index in [1.807, 2.05) is 0 Å². The largest absolute Gasteiger partial charge is 0.491 e. The molecule has 0 aliphatic carbocycles. The van der Waals surface area contributed by atoms with E-state index >= 15 is 0 Å². The Kier molecular flexibility index (Phi) is 4.83. The molecule has 0 N–H and O–H groups in total.